The van der Waals surface area contributed by atoms with Gasteiger partial charge in [-0.15, -0.1) is 13.2 Å². The predicted molar refractivity (Wildman–Crippen MR) is 122 cm³/mol. The van der Waals surface area contributed by atoms with Crippen molar-refractivity contribution in [3.8, 4) is 16.9 Å². The topological polar surface area (TPSA) is 9.23 Å². The van der Waals surface area contributed by atoms with Crippen LogP contribution in [0.1, 0.15) is 38.2 Å². The van der Waals surface area contributed by atoms with Gasteiger partial charge in [0.1, 0.15) is 5.75 Å². The van der Waals surface area contributed by atoms with E-state index in [9.17, 15) is 13.2 Å². The quantitative estimate of drug-likeness (QED) is 0.412. The average molecular weight is 501 g/mol. The van der Waals surface area contributed by atoms with E-state index in [1.165, 1.54) is 43.4 Å². The third-order valence-electron chi connectivity index (χ3n) is 5.28. The molecule has 30 heavy (non-hydrogen) atoms. The van der Waals surface area contributed by atoms with Gasteiger partial charge in [0.15, 0.2) is 0 Å². The highest BCUT2D eigenvalue weighted by atomic mass is 29.3. The predicted octanol–water partition coefficient (Wildman–Crippen LogP) is 4.01. The van der Waals surface area contributed by atoms with E-state index in [4.69, 9.17) is 0 Å². The SMILES string of the molecule is CCCCCC12[Si][Si]C(c3ccc(-c4ccc(OC(F)(F)F)cc4)cc3)([Si][Si]1)[Si][Si]2. The number of ether oxygens (including phenoxy) is 1. The van der Waals surface area contributed by atoms with Crippen LogP contribution in [0.5, 0.6) is 5.75 Å². The van der Waals surface area contributed by atoms with Crippen LogP contribution in [0.2, 0.25) is 4.28 Å². The maximum atomic E-state index is 12.3. The number of halogens is 3. The number of unbranched alkanes of at least 4 members (excludes halogenated alkanes) is 2. The molecular formula is C20H19F3OSi6. The molecule has 0 unspecified atom stereocenters. The van der Waals surface area contributed by atoms with Crippen LogP contribution in [0.3, 0.4) is 0 Å². The summed E-state index contributed by atoms with van der Waals surface area (Å²) in [7, 11) is 6.65. The maximum Gasteiger partial charge on any atom is 0.573 e. The zero-order valence-corrected chi connectivity index (χ0v) is 22.5. The Kier molecular flexibility index (Phi) is 6.80. The third-order valence-corrected chi connectivity index (χ3v) is 31.5. The van der Waals surface area contributed by atoms with Crippen LogP contribution >= 0.6 is 0 Å². The van der Waals surface area contributed by atoms with Gasteiger partial charge in [0, 0.05) is 54.2 Å². The summed E-state index contributed by atoms with van der Waals surface area (Å²) in [5, 5.41) is 0. The molecule has 0 amide bonds. The fourth-order valence-corrected chi connectivity index (χ4v) is 34.4. The first-order valence-corrected chi connectivity index (χ1v) is 18.9. The Bertz CT molecular complexity index is 832. The molecule has 0 aliphatic carbocycles. The van der Waals surface area contributed by atoms with Gasteiger partial charge in [-0.25, -0.2) is 0 Å². The Balaban J connectivity index is 1.42. The Labute approximate surface area is 190 Å². The van der Waals surface area contributed by atoms with Gasteiger partial charge < -0.3 is 4.74 Å². The molecule has 0 spiro atoms. The first kappa shape index (κ1) is 22.5. The Morgan fingerprint density at radius 2 is 1.30 bits per heavy atom. The molecule has 0 N–H and O–H groups in total. The van der Waals surface area contributed by atoms with Gasteiger partial charge in [0.2, 0.25) is 0 Å². The molecule has 150 valence electrons. The van der Waals surface area contributed by atoms with E-state index >= 15 is 0 Å². The molecule has 3 heterocycles. The molecule has 3 aliphatic rings. The summed E-state index contributed by atoms with van der Waals surface area (Å²) in [6.07, 6.45) is 0.920. The van der Waals surface area contributed by atoms with Crippen molar-refractivity contribution in [1.29, 1.82) is 0 Å². The van der Waals surface area contributed by atoms with Crippen molar-refractivity contribution < 1.29 is 17.9 Å². The molecule has 10 heteroatoms. The van der Waals surface area contributed by atoms with Crippen molar-refractivity contribution in [2.75, 3.05) is 0 Å². The normalized spacial score (nSPS) is 26.0. The fourth-order valence-electron chi connectivity index (χ4n) is 3.59. The summed E-state index contributed by atoms with van der Waals surface area (Å²) < 4.78 is 42.2. The lowest BCUT2D eigenvalue weighted by Gasteiger charge is -2.52. The molecule has 1 nitrogen and oxygen atoms in total. The van der Waals surface area contributed by atoms with Crippen molar-refractivity contribution in [3.05, 3.63) is 54.1 Å². The second-order valence-corrected chi connectivity index (χ2v) is 21.3. The number of fused-ring (bicyclic) bond motifs is 3. The van der Waals surface area contributed by atoms with Crippen LogP contribution in [0.15, 0.2) is 48.5 Å². The minimum atomic E-state index is -4.65. The van der Waals surface area contributed by atoms with Crippen LogP contribution in [-0.4, -0.2) is 60.6 Å². The highest BCUT2D eigenvalue weighted by Gasteiger charge is 2.50. The third kappa shape index (κ3) is 5.04. The second-order valence-electron chi connectivity index (χ2n) is 7.51. The molecule has 2 aromatic rings. The van der Waals surface area contributed by atoms with Crippen LogP contribution < -0.4 is 4.74 Å². The van der Waals surface area contributed by atoms with E-state index in [-0.39, 0.29) is 5.75 Å². The highest BCUT2D eigenvalue weighted by Crippen LogP contribution is 2.41. The van der Waals surface area contributed by atoms with Crippen LogP contribution in [0, 0.1) is 0 Å². The summed E-state index contributed by atoms with van der Waals surface area (Å²) in [6, 6.07) is 15.0. The van der Waals surface area contributed by atoms with E-state index in [1.54, 1.807) is 12.1 Å². The van der Waals surface area contributed by atoms with Crippen molar-refractivity contribution in [3.63, 3.8) is 0 Å². The number of rotatable bonds is 7. The highest BCUT2D eigenvalue weighted by molar-refractivity contribution is 7.42. The summed E-state index contributed by atoms with van der Waals surface area (Å²) >= 11 is 0. The molecule has 3 fully saturated rings. The van der Waals surface area contributed by atoms with E-state index in [2.05, 4.69) is 35.9 Å². The Morgan fingerprint density at radius 1 is 0.767 bits per heavy atom. The standard InChI is InChI=1S/C20H19F3OSi6/c1-2-3-4-13-18-25-28-19(29-26-18,30-27-18)16-9-5-14(6-10-16)15-7-11-17(12-8-15)24-20(21,22)23/h5-12H,2-4,13H2,1H3. The van der Waals surface area contributed by atoms with Gasteiger partial charge in [0.05, 0.1) is 0 Å². The molecule has 2 aromatic carbocycles. The van der Waals surface area contributed by atoms with Crippen LogP contribution in [-0.2, 0) is 4.28 Å². The molecule has 0 aromatic heterocycles. The Morgan fingerprint density at radius 3 is 1.80 bits per heavy atom. The van der Waals surface area contributed by atoms with Gasteiger partial charge in [0.25, 0.3) is 0 Å². The average Bonchev–Trinajstić information content (AvgIpc) is 2.75. The van der Waals surface area contributed by atoms with E-state index < -0.39 is 6.36 Å². The molecule has 3 saturated heterocycles. The smallest absolute Gasteiger partial charge is 0.406 e. The number of hydrogen-bond acceptors (Lipinski definition) is 1. The van der Waals surface area contributed by atoms with Crippen molar-refractivity contribution >= 4 is 54.2 Å². The zero-order chi connectivity index (χ0) is 21.2. The summed E-state index contributed by atoms with van der Waals surface area (Å²) in [5.41, 5.74) is 3.44. The van der Waals surface area contributed by atoms with E-state index in [0.717, 1.165) is 69.6 Å². The van der Waals surface area contributed by atoms with E-state index in [0.29, 0.717) is 4.28 Å². The minimum absolute atomic E-state index is 0.180. The van der Waals surface area contributed by atoms with Crippen molar-refractivity contribution in [1.82, 2.24) is 0 Å². The lowest BCUT2D eigenvalue weighted by molar-refractivity contribution is -0.274. The first-order chi connectivity index (χ1) is 14.3. The van der Waals surface area contributed by atoms with E-state index in [1.807, 2.05) is 0 Å². The number of benzene rings is 2. The largest absolute Gasteiger partial charge is 0.573 e. The van der Waals surface area contributed by atoms with Gasteiger partial charge >= 0.3 is 6.36 Å². The number of hydrogen-bond donors (Lipinski definition) is 0. The summed E-state index contributed by atoms with van der Waals surface area (Å²) in [4.78, 5) is 0. The van der Waals surface area contributed by atoms with Crippen LogP contribution in [0.4, 0.5) is 13.2 Å². The molecule has 0 atom stereocenters. The molecule has 12 radical (unpaired) electrons. The van der Waals surface area contributed by atoms with Gasteiger partial charge in [-0.3, -0.25) is 0 Å². The van der Waals surface area contributed by atoms with Crippen molar-refractivity contribution in [2.45, 2.75) is 47.5 Å². The Hall–Kier alpha value is -0.669. The molecule has 3 aliphatic heterocycles. The van der Waals surface area contributed by atoms with Crippen molar-refractivity contribution in [2.24, 2.45) is 0 Å². The van der Waals surface area contributed by atoms with Gasteiger partial charge in [-0.2, -0.15) is 0 Å². The molecule has 2 bridgehead atoms. The lowest BCUT2D eigenvalue weighted by atomic mass is 10.0. The molecular weight excluding hydrogens is 482 g/mol. The van der Waals surface area contributed by atoms with Gasteiger partial charge in [-0.05, 0) is 27.5 Å². The monoisotopic (exact) mass is 500 g/mol. The zero-order valence-electron chi connectivity index (χ0n) is 16.5. The lowest BCUT2D eigenvalue weighted by Crippen LogP contribution is -2.68. The maximum absolute atomic E-state index is 12.3. The van der Waals surface area contributed by atoms with Gasteiger partial charge in [-0.1, -0.05) is 78.9 Å². The summed E-state index contributed by atoms with van der Waals surface area (Å²) in [6.45, 7) is 2.29. The summed E-state index contributed by atoms with van der Waals surface area (Å²) in [5.74, 6) is -0.180. The molecule has 0 saturated carbocycles. The van der Waals surface area contributed by atoms with Crippen LogP contribution in [0.25, 0.3) is 11.1 Å². The second kappa shape index (κ2) is 9.06. The fraction of sp³-hybridized carbons (Fsp3) is 0.400. The minimum Gasteiger partial charge on any atom is -0.406 e. The number of alkyl halides is 3. The first-order valence-electron chi connectivity index (χ1n) is 9.93. The molecule has 5 rings (SSSR count).